The first-order chi connectivity index (χ1) is 14.1. The lowest BCUT2D eigenvalue weighted by Crippen LogP contribution is -2.31. The molecule has 29 heavy (non-hydrogen) atoms. The van der Waals surface area contributed by atoms with E-state index in [2.05, 4.69) is 10.3 Å². The molecule has 0 radical (unpaired) electrons. The van der Waals surface area contributed by atoms with Gasteiger partial charge in [0.2, 0.25) is 0 Å². The quantitative estimate of drug-likeness (QED) is 0.538. The van der Waals surface area contributed by atoms with Crippen molar-refractivity contribution >= 4 is 16.9 Å². The molecule has 2 aromatic heterocycles. The Hall–Kier alpha value is -3.45. The van der Waals surface area contributed by atoms with E-state index in [0.29, 0.717) is 22.5 Å². The van der Waals surface area contributed by atoms with Crippen LogP contribution in [0.4, 0.5) is 4.39 Å². The smallest absolute Gasteiger partial charge is 0.288 e. The van der Waals surface area contributed by atoms with E-state index in [9.17, 15) is 9.18 Å². The summed E-state index contributed by atoms with van der Waals surface area (Å²) in [5.74, 6) is 0.0626. The second kappa shape index (κ2) is 7.89. The Morgan fingerprint density at radius 2 is 2.00 bits per heavy atom. The molecule has 1 amide bonds. The molecule has 6 nitrogen and oxygen atoms in total. The van der Waals surface area contributed by atoms with E-state index in [-0.39, 0.29) is 18.2 Å². The number of fused-ring (bicyclic) bond motifs is 1. The minimum atomic E-state index is -0.577. The summed E-state index contributed by atoms with van der Waals surface area (Å²) in [5, 5.41) is 3.81. The summed E-state index contributed by atoms with van der Waals surface area (Å²) in [6.45, 7) is 0.239. The van der Waals surface area contributed by atoms with Crippen molar-refractivity contribution in [1.82, 2.24) is 14.9 Å². The molecule has 0 aliphatic carbocycles. The van der Waals surface area contributed by atoms with Gasteiger partial charge in [-0.2, -0.15) is 0 Å². The number of furan rings is 1. The Morgan fingerprint density at radius 3 is 2.69 bits per heavy atom. The molecule has 148 valence electrons. The maximum absolute atomic E-state index is 13.4. The van der Waals surface area contributed by atoms with Gasteiger partial charge < -0.3 is 19.0 Å². The molecule has 0 bridgehead atoms. The van der Waals surface area contributed by atoms with E-state index in [1.807, 2.05) is 35.9 Å². The van der Waals surface area contributed by atoms with Gasteiger partial charge in [-0.15, -0.1) is 0 Å². The molecule has 2 heterocycles. The largest absolute Gasteiger partial charge is 0.451 e. The molecule has 0 aliphatic heterocycles. The van der Waals surface area contributed by atoms with Crippen molar-refractivity contribution in [2.45, 2.75) is 12.6 Å². The molecule has 0 saturated heterocycles. The number of nitrogens with one attached hydrogen (secondary N) is 1. The normalized spacial score (nSPS) is 12.2. The van der Waals surface area contributed by atoms with Crippen molar-refractivity contribution in [3.63, 3.8) is 0 Å². The minimum absolute atomic E-state index is 0.189. The molecule has 2 aromatic carbocycles. The number of carbonyl (C=O) groups excluding carboxylic acids is 1. The Kier molecular flexibility index (Phi) is 5.14. The van der Waals surface area contributed by atoms with Crippen LogP contribution in [0.25, 0.3) is 11.0 Å². The lowest BCUT2D eigenvalue weighted by Gasteiger charge is -2.19. The number of methoxy groups -OCH3 is 1. The fourth-order valence-electron chi connectivity index (χ4n) is 3.37. The third-order valence-electron chi connectivity index (χ3n) is 4.79. The zero-order valence-corrected chi connectivity index (χ0v) is 16.1. The maximum atomic E-state index is 13.4. The van der Waals surface area contributed by atoms with Crippen LogP contribution in [0, 0.1) is 5.82 Å². The Balaban J connectivity index is 1.74. The van der Waals surface area contributed by atoms with Gasteiger partial charge in [-0.3, -0.25) is 4.79 Å². The number of amides is 1. The van der Waals surface area contributed by atoms with Crippen LogP contribution in [-0.2, 0) is 18.4 Å². The van der Waals surface area contributed by atoms with Gasteiger partial charge in [0.1, 0.15) is 23.3 Å². The third kappa shape index (κ3) is 3.64. The Morgan fingerprint density at radius 1 is 1.24 bits per heavy atom. The van der Waals surface area contributed by atoms with Gasteiger partial charge in [0.25, 0.3) is 5.91 Å². The Bertz CT molecular complexity index is 1150. The van der Waals surface area contributed by atoms with E-state index in [0.717, 1.165) is 5.39 Å². The van der Waals surface area contributed by atoms with E-state index in [4.69, 9.17) is 9.15 Å². The third-order valence-corrected chi connectivity index (χ3v) is 4.79. The fraction of sp³-hybridized carbons (Fsp3) is 0.182. The van der Waals surface area contributed by atoms with Crippen LogP contribution in [0.2, 0.25) is 0 Å². The molecular weight excluding hydrogens is 373 g/mol. The molecule has 4 aromatic rings. The molecule has 1 N–H and O–H groups in total. The predicted octanol–water partition coefficient (Wildman–Crippen LogP) is 3.97. The molecule has 4 rings (SSSR count). The second-order valence-corrected chi connectivity index (χ2v) is 6.69. The highest BCUT2D eigenvalue weighted by molar-refractivity contribution is 5.99. The highest BCUT2D eigenvalue weighted by atomic mass is 19.1. The molecule has 1 atom stereocenters. The highest BCUT2D eigenvalue weighted by Gasteiger charge is 2.26. The number of halogens is 1. The van der Waals surface area contributed by atoms with Gasteiger partial charge in [-0.1, -0.05) is 30.3 Å². The number of ether oxygens (including phenoxy) is 1. The summed E-state index contributed by atoms with van der Waals surface area (Å²) in [5.41, 5.74) is 2.00. The predicted molar refractivity (Wildman–Crippen MR) is 106 cm³/mol. The van der Waals surface area contributed by atoms with Gasteiger partial charge in [-0.25, -0.2) is 9.37 Å². The first-order valence-electron chi connectivity index (χ1n) is 9.11. The van der Waals surface area contributed by atoms with E-state index in [1.54, 1.807) is 31.6 Å². The van der Waals surface area contributed by atoms with Crippen LogP contribution < -0.4 is 5.32 Å². The van der Waals surface area contributed by atoms with Crippen LogP contribution in [-0.4, -0.2) is 22.6 Å². The molecular formula is C22H20FN3O3. The summed E-state index contributed by atoms with van der Waals surface area (Å²) in [6, 6.07) is 12.8. The van der Waals surface area contributed by atoms with Crippen LogP contribution in [0.1, 0.15) is 33.5 Å². The van der Waals surface area contributed by atoms with Gasteiger partial charge >= 0.3 is 0 Å². The standard InChI is InChI=1S/C22H20FN3O3/c1-26-12-11-24-21(26)19(14-7-9-15(23)10-8-14)25-22(27)20-17(13-28-2)16-5-3-4-6-18(16)29-20/h3-12,19H,13H2,1-2H3,(H,25,27). The van der Waals surface area contributed by atoms with Gasteiger partial charge in [0.15, 0.2) is 5.76 Å². The number of benzene rings is 2. The van der Waals surface area contributed by atoms with Gasteiger partial charge in [0.05, 0.1) is 6.61 Å². The molecule has 7 heteroatoms. The second-order valence-electron chi connectivity index (χ2n) is 6.69. The number of hydrogen-bond donors (Lipinski definition) is 1. The average molecular weight is 393 g/mol. The molecule has 1 unspecified atom stereocenters. The number of carbonyl (C=O) groups is 1. The average Bonchev–Trinajstić information content (AvgIpc) is 3.31. The van der Waals surface area contributed by atoms with Gasteiger partial charge in [-0.05, 0) is 23.8 Å². The monoisotopic (exact) mass is 393 g/mol. The van der Waals surface area contributed by atoms with Crippen LogP contribution in [0.5, 0.6) is 0 Å². The number of hydrogen-bond acceptors (Lipinski definition) is 4. The first kappa shape index (κ1) is 18.9. The van der Waals surface area contributed by atoms with Crippen molar-refractivity contribution in [2.75, 3.05) is 7.11 Å². The first-order valence-corrected chi connectivity index (χ1v) is 9.11. The molecule has 0 spiro atoms. The number of para-hydroxylation sites is 1. The molecule has 0 saturated carbocycles. The number of rotatable bonds is 6. The van der Waals surface area contributed by atoms with Crippen LogP contribution in [0.15, 0.2) is 65.3 Å². The summed E-state index contributed by atoms with van der Waals surface area (Å²) in [4.78, 5) is 17.6. The maximum Gasteiger partial charge on any atom is 0.288 e. The number of aryl methyl sites for hydroxylation is 1. The van der Waals surface area contributed by atoms with E-state index in [1.165, 1.54) is 12.1 Å². The van der Waals surface area contributed by atoms with E-state index >= 15 is 0 Å². The van der Waals surface area contributed by atoms with Gasteiger partial charge in [0, 0.05) is 37.5 Å². The van der Waals surface area contributed by atoms with Crippen molar-refractivity contribution in [1.29, 1.82) is 0 Å². The Labute approximate surface area is 166 Å². The summed E-state index contributed by atoms with van der Waals surface area (Å²) in [7, 11) is 3.40. The SMILES string of the molecule is COCc1c(C(=O)NC(c2ccc(F)cc2)c2nccn2C)oc2ccccc12. The molecule has 0 aliphatic rings. The summed E-state index contributed by atoms with van der Waals surface area (Å²) < 4.78 is 26.3. The van der Waals surface area contributed by atoms with Crippen molar-refractivity contribution in [3.8, 4) is 0 Å². The highest BCUT2D eigenvalue weighted by Crippen LogP contribution is 2.28. The van der Waals surface area contributed by atoms with Crippen molar-refractivity contribution < 1.29 is 18.3 Å². The summed E-state index contributed by atoms with van der Waals surface area (Å²) >= 11 is 0. The van der Waals surface area contributed by atoms with Crippen molar-refractivity contribution in [2.24, 2.45) is 7.05 Å². The summed E-state index contributed by atoms with van der Waals surface area (Å²) in [6.07, 6.45) is 3.44. The lowest BCUT2D eigenvalue weighted by molar-refractivity contribution is 0.0908. The number of aromatic nitrogens is 2. The van der Waals surface area contributed by atoms with Crippen molar-refractivity contribution in [3.05, 3.63) is 89.5 Å². The molecule has 0 fully saturated rings. The zero-order chi connectivity index (χ0) is 20.4. The topological polar surface area (TPSA) is 69.3 Å². The van der Waals surface area contributed by atoms with E-state index < -0.39 is 11.9 Å². The van der Waals surface area contributed by atoms with Crippen LogP contribution >= 0.6 is 0 Å². The number of imidazole rings is 1. The minimum Gasteiger partial charge on any atom is -0.451 e. The number of nitrogens with zero attached hydrogens (tertiary/aromatic N) is 2. The zero-order valence-electron chi connectivity index (χ0n) is 16.1. The van der Waals surface area contributed by atoms with Crippen LogP contribution in [0.3, 0.4) is 0 Å². The fourth-order valence-corrected chi connectivity index (χ4v) is 3.37. The lowest BCUT2D eigenvalue weighted by atomic mass is 10.1.